The number of anilines is 1. The number of carbonyl (C=O) groups is 3. The second-order valence-electron chi connectivity index (χ2n) is 7.09. The van der Waals surface area contributed by atoms with E-state index >= 15 is 0 Å². The Kier molecular flexibility index (Phi) is 7.17. The lowest BCUT2D eigenvalue weighted by molar-refractivity contribution is -0.119. The average Bonchev–Trinajstić information content (AvgIpc) is 3.13. The smallest absolute Gasteiger partial charge is 0.254 e. The third-order valence-corrected chi connectivity index (χ3v) is 4.80. The summed E-state index contributed by atoms with van der Waals surface area (Å²) in [6, 6.07) is 8.27. The Morgan fingerprint density at radius 2 is 1.97 bits per heavy atom. The van der Waals surface area contributed by atoms with Gasteiger partial charge in [0.2, 0.25) is 11.8 Å². The number of hydrogen-bond acceptors (Lipinski definition) is 4. The van der Waals surface area contributed by atoms with E-state index in [2.05, 4.69) is 16.0 Å². The van der Waals surface area contributed by atoms with E-state index in [0.29, 0.717) is 36.8 Å². The maximum absolute atomic E-state index is 14.2. The molecule has 1 saturated heterocycles. The van der Waals surface area contributed by atoms with Crippen LogP contribution >= 0.6 is 0 Å². The van der Waals surface area contributed by atoms with Crippen molar-refractivity contribution in [1.82, 2.24) is 10.6 Å². The van der Waals surface area contributed by atoms with Crippen LogP contribution in [0.2, 0.25) is 0 Å². The van der Waals surface area contributed by atoms with Crippen LogP contribution in [-0.2, 0) is 16.1 Å². The van der Waals surface area contributed by atoms with Crippen molar-refractivity contribution in [1.29, 1.82) is 0 Å². The van der Waals surface area contributed by atoms with Crippen molar-refractivity contribution in [3.63, 3.8) is 0 Å². The molecule has 3 rings (SSSR count). The van der Waals surface area contributed by atoms with Crippen molar-refractivity contribution in [2.75, 3.05) is 11.9 Å². The Bertz CT molecular complexity index is 997. The number of rotatable bonds is 8. The summed E-state index contributed by atoms with van der Waals surface area (Å²) in [6.45, 7) is 2.36. The molecule has 0 aromatic heterocycles. The highest BCUT2D eigenvalue weighted by Gasteiger charge is 2.24. The number of carbonyl (C=O) groups excluding carboxylic acids is 3. The highest BCUT2D eigenvalue weighted by atomic mass is 19.1. The first-order valence-corrected chi connectivity index (χ1v) is 9.94. The summed E-state index contributed by atoms with van der Waals surface area (Å²) in [6.07, 6.45) is 0.799. The summed E-state index contributed by atoms with van der Waals surface area (Å²) in [5.74, 6) is -2.90. The van der Waals surface area contributed by atoms with Gasteiger partial charge in [-0.3, -0.25) is 14.4 Å². The van der Waals surface area contributed by atoms with Gasteiger partial charge in [0.1, 0.15) is 17.4 Å². The van der Waals surface area contributed by atoms with E-state index < -0.39 is 29.0 Å². The monoisotopic (exact) mass is 431 g/mol. The van der Waals surface area contributed by atoms with E-state index in [-0.39, 0.29) is 30.6 Å². The molecule has 0 saturated carbocycles. The third kappa shape index (κ3) is 5.78. The predicted octanol–water partition coefficient (Wildman–Crippen LogP) is 2.90. The highest BCUT2D eigenvalue weighted by molar-refractivity contribution is 5.97. The quantitative estimate of drug-likeness (QED) is 0.599. The zero-order valence-electron chi connectivity index (χ0n) is 17.0. The number of halogens is 2. The van der Waals surface area contributed by atoms with Crippen molar-refractivity contribution in [3.8, 4) is 5.75 Å². The molecule has 2 aromatic carbocycles. The largest absolute Gasteiger partial charge is 0.494 e. The Labute approximate surface area is 178 Å². The molecular formula is C22H23F2N3O4. The molecule has 0 spiro atoms. The van der Waals surface area contributed by atoms with Crippen LogP contribution in [0.1, 0.15) is 42.1 Å². The summed E-state index contributed by atoms with van der Waals surface area (Å²) in [5, 5.41) is 7.56. The zero-order chi connectivity index (χ0) is 22.4. The molecule has 7 nitrogen and oxygen atoms in total. The molecule has 1 aliphatic heterocycles. The van der Waals surface area contributed by atoms with Crippen molar-refractivity contribution in [2.24, 2.45) is 0 Å². The molecule has 1 heterocycles. The fraction of sp³-hybridized carbons (Fsp3) is 0.318. The molecule has 0 radical (unpaired) electrons. The fourth-order valence-electron chi connectivity index (χ4n) is 3.29. The van der Waals surface area contributed by atoms with Crippen LogP contribution in [0, 0.1) is 11.6 Å². The lowest BCUT2D eigenvalue weighted by Crippen LogP contribution is -2.30. The Morgan fingerprint density at radius 1 is 1.19 bits per heavy atom. The maximum Gasteiger partial charge on any atom is 0.254 e. The van der Waals surface area contributed by atoms with Crippen molar-refractivity contribution >= 4 is 23.4 Å². The Hall–Kier alpha value is -3.49. The van der Waals surface area contributed by atoms with Crippen LogP contribution < -0.4 is 20.7 Å². The van der Waals surface area contributed by atoms with E-state index in [0.717, 1.165) is 6.07 Å². The summed E-state index contributed by atoms with van der Waals surface area (Å²) in [5.41, 5.74) is -0.0114. The molecule has 1 fully saturated rings. The Balaban J connectivity index is 1.67. The minimum Gasteiger partial charge on any atom is -0.494 e. The van der Waals surface area contributed by atoms with Gasteiger partial charge in [-0.1, -0.05) is 18.2 Å². The highest BCUT2D eigenvalue weighted by Crippen LogP contribution is 2.22. The van der Waals surface area contributed by atoms with Gasteiger partial charge in [-0.2, -0.15) is 0 Å². The molecular weight excluding hydrogens is 408 g/mol. The van der Waals surface area contributed by atoms with Gasteiger partial charge in [0.05, 0.1) is 17.9 Å². The number of benzene rings is 2. The van der Waals surface area contributed by atoms with Crippen LogP contribution in [0.5, 0.6) is 5.75 Å². The summed E-state index contributed by atoms with van der Waals surface area (Å²) >= 11 is 0. The number of ether oxygens (including phenoxy) is 1. The number of nitrogens with one attached hydrogen (secondary N) is 3. The molecule has 0 aliphatic carbocycles. The molecule has 0 bridgehead atoms. The third-order valence-electron chi connectivity index (χ3n) is 4.80. The SMILES string of the molecule is CCOc1ccccc1CNC(=O)c1cc(NC(=O)C[C@@H]2CCC(=O)N2)c(F)cc1F. The number of hydrogen-bond donors (Lipinski definition) is 3. The maximum atomic E-state index is 14.2. The topological polar surface area (TPSA) is 96.5 Å². The minimum absolute atomic E-state index is 0.0434. The molecule has 2 aromatic rings. The normalized spacial score (nSPS) is 15.3. The van der Waals surface area contributed by atoms with Crippen LogP contribution in [0.25, 0.3) is 0 Å². The molecule has 31 heavy (non-hydrogen) atoms. The lowest BCUT2D eigenvalue weighted by Gasteiger charge is -2.13. The molecule has 9 heteroatoms. The standard InChI is InChI=1S/C22H23F2N3O4/c1-2-31-19-6-4-3-5-13(19)12-25-22(30)15-10-18(17(24)11-16(15)23)27-21(29)9-14-7-8-20(28)26-14/h3-6,10-11,14H,2,7-9,12H2,1H3,(H,25,30)(H,26,28)(H,27,29)/t14-/m0/s1. The van der Waals surface area contributed by atoms with Crippen LogP contribution in [0.4, 0.5) is 14.5 Å². The van der Waals surface area contributed by atoms with Gasteiger partial charge in [-0.05, 0) is 25.5 Å². The second-order valence-corrected chi connectivity index (χ2v) is 7.09. The molecule has 164 valence electrons. The van der Waals surface area contributed by atoms with Crippen LogP contribution in [0.3, 0.4) is 0 Å². The first-order valence-electron chi connectivity index (χ1n) is 9.94. The zero-order valence-corrected chi connectivity index (χ0v) is 17.0. The van der Waals surface area contributed by atoms with Crippen LogP contribution in [-0.4, -0.2) is 30.4 Å². The van der Waals surface area contributed by atoms with Gasteiger partial charge < -0.3 is 20.7 Å². The van der Waals surface area contributed by atoms with Crippen molar-refractivity contribution < 1.29 is 27.9 Å². The lowest BCUT2D eigenvalue weighted by atomic mass is 10.1. The van der Waals surface area contributed by atoms with Crippen LogP contribution in [0.15, 0.2) is 36.4 Å². The molecule has 3 N–H and O–H groups in total. The van der Waals surface area contributed by atoms with E-state index in [1.165, 1.54) is 0 Å². The van der Waals surface area contributed by atoms with E-state index in [4.69, 9.17) is 4.74 Å². The Morgan fingerprint density at radius 3 is 2.68 bits per heavy atom. The summed E-state index contributed by atoms with van der Waals surface area (Å²) < 4.78 is 33.9. The van der Waals surface area contributed by atoms with Gasteiger partial charge in [-0.25, -0.2) is 8.78 Å². The minimum atomic E-state index is -1.05. The average molecular weight is 431 g/mol. The fourth-order valence-corrected chi connectivity index (χ4v) is 3.29. The van der Waals surface area contributed by atoms with E-state index in [9.17, 15) is 23.2 Å². The van der Waals surface area contributed by atoms with E-state index in [1.807, 2.05) is 6.92 Å². The van der Waals surface area contributed by atoms with Gasteiger partial charge in [0.25, 0.3) is 5.91 Å². The number of para-hydroxylation sites is 1. The van der Waals surface area contributed by atoms with Gasteiger partial charge >= 0.3 is 0 Å². The van der Waals surface area contributed by atoms with E-state index in [1.54, 1.807) is 24.3 Å². The first-order chi connectivity index (χ1) is 14.9. The van der Waals surface area contributed by atoms with Gasteiger partial charge in [-0.15, -0.1) is 0 Å². The summed E-state index contributed by atoms with van der Waals surface area (Å²) in [4.78, 5) is 35.9. The van der Waals surface area contributed by atoms with Crippen molar-refractivity contribution in [3.05, 3.63) is 59.2 Å². The first kappa shape index (κ1) is 22.2. The second kappa shape index (κ2) is 10.0. The molecule has 3 amide bonds. The molecule has 1 aliphatic rings. The summed E-state index contributed by atoms with van der Waals surface area (Å²) in [7, 11) is 0. The molecule has 1 atom stereocenters. The number of amides is 3. The van der Waals surface area contributed by atoms with Gasteiger partial charge in [0.15, 0.2) is 0 Å². The molecule has 0 unspecified atom stereocenters. The van der Waals surface area contributed by atoms with Gasteiger partial charge in [0, 0.05) is 37.1 Å². The predicted molar refractivity (Wildman–Crippen MR) is 110 cm³/mol. The van der Waals surface area contributed by atoms with Crippen molar-refractivity contribution in [2.45, 2.75) is 38.8 Å².